The lowest BCUT2D eigenvalue weighted by atomic mass is 10.1. The first kappa shape index (κ1) is 21.4. The molecule has 0 aliphatic carbocycles. The van der Waals surface area contributed by atoms with Crippen molar-refractivity contribution in [2.45, 2.75) is 25.8 Å². The fourth-order valence-electron chi connectivity index (χ4n) is 3.69. The Morgan fingerprint density at radius 2 is 2.09 bits per heavy atom. The van der Waals surface area contributed by atoms with Gasteiger partial charge in [0.05, 0.1) is 24.6 Å². The van der Waals surface area contributed by atoms with Crippen LogP contribution in [-0.2, 0) is 6.54 Å². The second-order valence-corrected chi connectivity index (χ2v) is 7.59. The van der Waals surface area contributed by atoms with Crippen molar-refractivity contribution in [3.63, 3.8) is 0 Å². The molecule has 0 unspecified atom stereocenters. The van der Waals surface area contributed by atoms with Gasteiger partial charge in [-0.05, 0) is 31.0 Å². The molecule has 2 amide bonds. The zero-order valence-corrected chi connectivity index (χ0v) is 18.0. The Morgan fingerprint density at radius 1 is 1.22 bits per heavy atom. The van der Waals surface area contributed by atoms with Gasteiger partial charge in [-0.25, -0.2) is 15.0 Å². The topological polar surface area (TPSA) is 110 Å². The largest absolute Gasteiger partial charge is 0.497 e. The number of nitrogens with zero attached hydrogens (tertiary/aromatic N) is 5. The van der Waals surface area contributed by atoms with Crippen LogP contribution in [0, 0.1) is 6.92 Å². The molecular weight excluding hydrogens is 408 g/mol. The van der Waals surface area contributed by atoms with E-state index in [9.17, 15) is 9.59 Å². The van der Waals surface area contributed by atoms with Gasteiger partial charge in [0.25, 0.3) is 11.8 Å². The van der Waals surface area contributed by atoms with E-state index in [1.165, 1.54) is 18.6 Å². The lowest BCUT2D eigenvalue weighted by Gasteiger charge is -2.16. The number of aromatic nitrogens is 4. The van der Waals surface area contributed by atoms with Gasteiger partial charge in [0.15, 0.2) is 0 Å². The Morgan fingerprint density at radius 3 is 2.84 bits per heavy atom. The Balaban J connectivity index is 1.38. The minimum absolute atomic E-state index is 0.0169. The summed E-state index contributed by atoms with van der Waals surface area (Å²) < 4.78 is 5.21. The first-order chi connectivity index (χ1) is 15.5. The molecule has 1 aliphatic heterocycles. The first-order valence-electron chi connectivity index (χ1n) is 10.3. The molecule has 9 heteroatoms. The van der Waals surface area contributed by atoms with Gasteiger partial charge in [-0.1, -0.05) is 12.1 Å². The number of amides is 2. The van der Waals surface area contributed by atoms with Crippen LogP contribution in [0.4, 0.5) is 0 Å². The molecule has 4 rings (SSSR count). The van der Waals surface area contributed by atoms with Crippen LogP contribution in [0.3, 0.4) is 0 Å². The molecule has 1 N–H and O–H groups in total. The average molecular weight is 432 g/mol. The van der Waals surface area contributed by atoms with E-state index in [1.807, 2.05) is 24.3 Å². The Kier molecular flexibility index (Phi) is 6.34. The van der Waals surface area contributed by atoms with Crippen molar-refractivity contribution in [1.82, 2.24) is 30.2 Å². The maximum absolute atomic E-state index is 12.6. The van der Waals surface area contributed by atoms with Crippen LogP contribution in [0.25, 0.3) is 0 Å². The third-order valence-corrected chi connectivity index (χ3v) is 5.45. The summed E-state index contributed by atoms with van der Waals surface area (Å²) in [6.45, 7) is 3.28. The van der Waals surface area contributed by atoms with E-state index in [2.05, 4.69) is 25.3 Å². The molecule has 1 aliphatic rings. The van der Waals surface area contributed by atoms with E-state index in [-0.39, 0.29) is 17.7 Å². The highest BCUT2D eigenvalue weighted by Crippen LogP contribution is 2.26. The van der Waals surface area contributed by atoms with Crippen molar-refractivity contribution in [1.29, 1.82) is 0 Å². The number of benzene rings is 1. The monoisotopic (exact) mass is 432 g/mol. The molecule has 1 atom stereocenters. The average Bonchev–Trinajstić information content (AvgIpc) is 3.33. The molecule has 32 heavy (non-hydrogen) atoms. The second-order valence-electron chi connectivity index (χ2n) is 7.59. The van der Waals surface area contributed by atoms with E-state index in [0.29, 0.717) is 42.4 Å². The van der Waals surface area contributed by atoms with E-state index in [4.69, 9.17) is 4.74 Å². The lowest BCUT2D eigenvalue weighted by Crippen LogP contribution is -2.29. The molecular formula is C23H24N6O3. The second kappa shape index (κ2) is 9.51. The highest BCUT2D eigenvalue weighted by atomic mass is 16.5. The van der Waals surface area contributed by atoms with Crippen molar-refractivity contribution in [3.05, 3.63) is 77.4 Å². The fourth-order valence-corrected chi connectivity index (χ4v) is 3.69. The van der Waals surface area contributed by atoms with Crippen molar-refractivity contribution >= 4 is 11.8 Å². The van der Waals surface area contributed by atoms with Crippen molar-refractivity contribution in [2.24, 2.45) is 0 Å². The van der Waals surface area contributed by atoms with E-state index in [0.717, 1.165) is 17.7 Å². The van der Waals surface area contributed by atoms with Gasteiger partial charge in [-0.2, -0.15) is 0 Å². The summed E-state index contributed by atoms with van der Waals surface area (Å²) in [6.07, 6.45) is 6.83. The molecule has 0 spiro atoms. The number of likely N-dealkylation sites (tertiary alicyclic amines) is 1. The SMILES string of the molecule is COc1cccc(CNC(=O)c2cnc([C@@H]3CCN(C(=O)c4cnccn4)C3)nc2C)c1. The van der Waals surface area contributed by atoms with Gasteiger partial charge in [0.1, 0.15) is 17.3 Å². The molecule has 0 radical (unpaired) electrons. The molecule has 0 saturated carbocycles. The standard InChI is InChI=1S/C23H24N6O3/c1-15-19(22(30)27-11-16-4-3-5-18(10-16)32-2)12-26-21(28-15)17-6-9-29(14-17)23(31)20-13-24-7-8-25-20/h3-5,7-8,10,12-13,17H,6,9,11,14H2,1-2H3,(H,27,30)/t17-/m1/s1. The number of ether oxygens (including phenoxy) is 1. The number of carbonyl (C=O) groups excluding carboxylic acids is 2. The molecule has 0 bridgehead atoms. The number of hydrogen-bond acceptors (Lipinski definition) is 7. The van der Waals surface area contributed by atoms with E-state index >= 15 is 0 Å². The molecule has 1 saturated heterocycles. The fraction of sp³-hybridized carbons (Fsp3) is 0.304. The Labute approximate surface area is 185 Å². The maximum atomic E-state index is 12.6. The van der Waals surface area contributed by atoms with Crippen molar-refractivity contribution in [3.8, 4) is 5.75 Å². The van der Waals surface area contributed by atoms with Gasteiger partial charge in [0.2, 0.25) is 0 Å². The molecule has 3 aromatic rings. The molecule has 164 valence electrons. The smallest absolute Gasteiger partial charge is 0.274 e. The molecule has 1 aromatic carbocycles. The number of nitrogens with one attached hydrogen (secondary N) is 1. The highest BCUT2D eigenvalue weighted by molar-refractivity contribution is 5.94. The third kappa shape index (κ3) is 4.72. The summed E-state index contributed by atoms with van der Waals surface area (Å²) in [7, 11) is 1.61. The summed E-state index contributed by atoms with van der Waals surface area (Å²) in [5, 5.41) is 2.90. The quantitative estimate of drug-likeness (QED) is 0.635. The minimum Gasteiger partial charge on any atom is -0.497 e. The van der Waals surface area contributed by atoms with Crippen LogP contribution >= 0.6 is 0 Å². The van der Waals surface area contributed by atoms with Crippen LogP contribution < -0.4 is 10.1 Å². The molecule has 2 aromatic heterocycles. The number of methoxy groups -OCH3 is 1. The van der Waals surface area contributed by atoms with Gasteiger partial charge in [-0.15, -0.1) is 0 Å². The first-order valence-corrected chi connectivity index (χ1v) is 10.3. The van der Waals surface area contributed by atoms with E-state index in [1.54, 1.807) is 25.1 Å². The van der Waals surface area contributed by atoms with Crippen LogP contribution in [-0.4, -0.2) is 56.8 Å². The van der Waals surface area contributed by atoms with Crippen LogP contribution in [0.5, 0.6) is 5.75 Å². The highest BCUT2D eigenvalue weighted by Gasteiger charge is 2.30. The van der Waals surface area contributed by atoms with Gasteiger partial charge >= 0.3 is 0 Å². The zero-order chi connectivity index (χ0) is 22.5. The predicted molar refractivity (Wildman–Crippen MR) is 116 cm³/mol. The maximum Gasteiger partial charge on any atom is 0.274 e. The summed E-state index contributed by atoms with van der Waals surface area (Å²) in [5.74, 6) is 1.02. The van der Waals surface area contributed by atoms with Gasteiger partial charge in [-0.3, -0.25) is 14.6 Å². The summed E-state index contributed by atoms with van der Waals surface area (Å²) in [6, 6.07) is 7.53. The lowest BCUT2D eigenvalue weighted by molar-refractivity contribution is 0.0784. The number of carbonyl (C=O) groups is 2. The minimum atomic E-state index is -0.234. The zero-order valence-electron chi connectivity index (χ0n) is 18.0. The predicted octanol–water partition coefficient (Wildman–Crippen LogP) is 2.14. The van der Waals surface area contributed by atoms with Crippen LogP contribution in [0.15, 0.2) is 49.1 Å². The summed E-state index contributed by atoms with van der Waals surface area (Å²) in [4.78, 5) is 44.0. The number of hydrogen-bond donors (Lipinski definition) is 1. The van der Waals surface area contributed by atoms with Gasteiger partial charge < -0.3 is 15.0 Å². The Bertz CT molecular complexity index is 1120. The third-order valence-electron chi connectivity index (χ3n) is 5.45. The van der Waals surface area contributed by atoms with Gasteiger partial charge in [0, 0.05) is 44.1 Å². The molecule has 9 nitrogen and oxygen atoms in total. The van der Waals surface area contributed by atoms with Crippen molar-refractivity contribution in [2.75, 3.05) is 20.2 Å². The Hall–Kier alpha value is -3.88. The summed E-state index contributed by atoms with van der Waals surface area (Å²) in [5.41, 5.74) is 2.30. The van der Waals surface area contributed by atoms with E-state index < -0.39 is 0 Å². The van der Waals surface area contributed by atoms with Crippen LogP contribution in [0.2, 0.25) is 0 Å². The number of rotatable bonds is 6. The molecule has 1 fully saturated rings. The summed E-state index contributed by atoms with van der Waals surface area (Å²) >= 11 is 0. The molecule has 3 heterocycles. The number of aryl methyl sites for hydroxylation is 1. The van der Waals surface area contributed by atoms with Crippen molar-refractivity contribution < 1.29 is 14.3 Å². The normalized spacial score (nSPS) is 15.4. The van der Waals surface area contributed by atoms with Crippen LogP contribution in [0.1, 0.15) is 50.3 Å².